The lowest BCUT2D eigenvalue weighted by Crippen LogP contribution is -2.29. The minimum atomic E-state index is -3.28. The zero-order chi connectivity index (χ0) is 19.4. The molecule has 0 aliphatic heterocycles. The standard InChI is InChI=1S/C20H22N2O3S2/c1-4-22(27(3,23)24)17-10-6-15(7-11-17)19-14-26-20(21-19)16-8-12-18(13-9-16)25-5-2/h6-14H,4-5H2,1-3H3. The van der Waals surface area contributed by atoms with Crippen molar-refractivity contribution in [2.45, 2.75) is 13.8 Å². The zero-order valence-corrected chi connectivity index (χ0v) is 17.2. The summed E-state index contributed by atoms with van der Waals surface area (Å²) >= 11 is 1.58. The molecule has 1 heterocycles. The van der Waals surface area contributed by atoms with Crippen LogP contribution in [-0.4, -0.2) is 32.8 Å². The molecule has 7 heteroatoms. The molecule has 0 N–H and O–H groups in total. The van der Waals surface area contributed by atoms with E-state index in [0.29, 0.717) is 18.8 Å². The molecule has 3 rings (SSSR count). The molecule has 0 unspecified atom stereocenters. The average molecular weight is 403 g/mol. The third-order valence-electron chi connectivity index (χ3n) is 4.06. The summed E-state index contributed by atoms with van der Waals surface area (Å²) < 4.78 is 30.5. The summed E-state index contributed by atoms with van der Waals surface area (Å²) in [6.45, 7) is 4.82. The van der Waals surface area contributed by atoms with Crippen molar-refractivity contribution in [3.63, 3.8) is 0 Å². The van der Waals surface area contributed by atoms with E-state index in [1.807, 2.05) is 67.8 Å². The Hall–Kier alpha value is -2.38. The number of sulfonamides is 1. The van der Waals surface area contributed by atoms with E-state index in [-0.39, 0.29) is 0 Å². The fourth-order valence-electron chi connectivity index (χ4n) is 2.81. The summed E-state index contributed by atoms with van der Waals surface area (Å²) in [5.41, 5.74) is 3.53. The Morgan fingerprint density at radius 1 is 1.00 bits per heavy atom. The second kappa shape index (κ2) is 8.10. The van der Waals surface area contributed by atoms with Crippen LogP contribution in [0.1, 0.15) is 13.8 Å². The summed E-state index contributed by atoms with van der Waals surface area (Å²) in [5, 5.41) is 2.94. The molecule has 3 aromatic rings. The predicted molar refractivity (Wildman–Crippen MR) is 112 cm³/mol. The molecule has 0 bridgehead atoms. The van der Waals surface area contributed by atoms with Gasteiger partial charge in [0.15, 0.2) is 0 Å². The second-order valence-corrected chi connectivity index (χ2v) is 8.73. The fraction of sp³-hybridized carbons (Fsp3) is 0.250. The van der Waals surface area contributed by atoms with Crippen LogP contribution >= 0.6 is 11.3 Å². The molecular weight excluding hydrogens is 380 g/mol. The van der Waals surface area contributed by atoms with Crippen molar-refractivity contribution < 1.29 is 13.2 Å². The lowest BCUT2D eigenvalue weighted by Gasteiger charge is -2.20. The smallest absolute Gasteiger partial charge is 0.232 e. The van der Waals surface area contributed by atoms with Crippen molar-refractivity contribution in [1.29, 1.82) is 0 Å². The topological polar surface area (TPSA) is 59.5 Å². The maximum atomic E-state index is 11.8. The van der Waals surface area contributed by atoms with Gasteiger partial charge in [-0.05, 0) is 50.2 Å². The summed E-state index contributed by atoms with van der Waals surface area (Å²) in [6.07, 6.45) is 1.22. The van der Waals surface area contributed by atoms with E-state index in [1.54, 1.807) is 11.3 Å². The molecule has 0 aliphatic carbocycles. The summed E-state index contributed by atoms with van der Waals surface area (Å²) in [7, 11) is -3.28. The monoisotopic (exact) mass is 402 g/mol. The maximum Gasteiger partial charge on any atom is 0.232 e. The third kappa shape index (κ3) is 4.48. The first-order valence-electron chi connectivity index (χ1n) is 8.69. The Kier molecular flexibility index (Phi) is 5.82. The van der Waals surface area contributed by atoms with Crippen LogP contribution < -0.4 is 9.04 Å². The molecule has 142 valence electrons. The molecule has 1 aromatic heterocycles. The van der Waals surface area contributed by atoms with Crippen molar-refractivity contribution >= 4 is 27.0 Å². The molecule has 0 saturated heterocycles. The van der Waals surface area contributed by atoms with Crippen molar-refractivity contribution in [1.82, 2.24) is 4.98 Å². The molecule has 27 heavy (non-hydrogen) atoms. The Balaban J connectivity index is 1.82. The molecule has 0 aliphatic rings. The summed E-state index contributed by atoms with van der Waals surface area (Å²) in [4.78, 5) is 4.72. The van der Waals surface area contributed by atoms with Crippen molar-refractivity contribution in [3.05, 3.63) is 53.9 Å². The van der Waals surface area contributed by atoms with Crippen molar-refractivity contribution in [2.24, 2.45) is 0 Å². The number of rotatable bonds is 7. The van der Waals surface area contributed by atoms with Gasteiger partial charge in [0.25, 0.3) is 0 Å². The number of hydrogen-bond acceptors (Lipinski definition) is 5. The van der Waals surface area contributed by atoms with Crippen LogP contribution in [0.2, 0.25) is 0 Å². The number of hydrogen-bond donors (Lipinski definition) is 0. The molecule has 0 spiro atoms. The highest BCUT2D eigenvalue weighted by atomic mass is 32.2. The van der Waals surface area contributed by atoms with Gasteiger partial charge in [-0.1, -0.05) is 12.1 Å². The molecular formula is C20H22N2O3S2. The van der Waals surface area contributed by atoms with Gasteiger partial charge in [0.05, 0.1) is 24.2 Å². The summed E-state index contributed by atoms with van der Waals surface area (Å²) in [5.74, 6) is 0.847. The second-order valence-electron chi connectivity index (χ2n) is 5.97. The SMILES string of the molecule is CCOc1ccc(-c2nc(-c3ccc(N(CC)S(C)(=O)=O)cc3)cs2)cc1. The van der Waals surface area contributed by atoms with E-state index in [1.165, 1.54) is 10.6 Å². The van der Waals surface area contributed by atoms with Gasteiger partial charge >= 0.3 is 0 Å². The molecule has 5 nitrogen and oxygen atoms in total. The van der Waals surface area contributed by atoms with E-state index >= 15 is 0 Å². The zero-order valence-electron chi connectivity index (χ0n) is 15.5. The van der Waals surface area contributed by atoms with Crippen molar-refractivity contribution in [3.8, 4) is 27.6 Å². The quantitative estimate of drug-likeness (QED) is 0.577. The van der Waals surface area contributed by atoms with Crippen LogP contribution in [0.3, 0.4) is 0 Å². The third-order valence-corrected chi connectivity index (χ3v) is 6.22. The largest absolute Gasteiger partial charge is 0.494 e. The highest BCUT2D eigenvalue weighted by molar-refractivity contribution is 7.92. The first kappa shape index (κ1) is 19.4. The maximum absolute atomic E-state index is 11.8. The number of aromatic nitrogens is 1. The van der Waals surface area contributed by atoms with Gasteiger partial charge < -0.3 is 4.74 Å². The Labute approximate surface area is 164 Å². The number of ether oxygens (including phenoxy) is 1. The highest BCUT2D eigenvalue weighted by Crippen LogP contribution is 2.31. The van der Waals surface area contributed by atoms with Crippen LogP contribution in [0.15, 0.2) is 53.9 Å². The van der Waals surface area contributed by atoms with Gasteiger partial charge in [0, 0.05) is 23.1 Å². The number of anilines is 1. The van der Waals surface area contributed by atoms with E-state index in [2.05, 4.69) is 0 Å². The molecule has 0 radical (unpaired) electrons. The van der Waals surface area contributed by atoms with Crippen LogP contribution in [0.25, 0.3) is 21.8 Å². The number of benzene rings is 2. The molecule has 0 fully saturated rings. The van der Waals surface area contributed by atoms with E-state index < -0.39 is 10.0 Å². The Morgan fingerprint density at radius 2 is 1.63 bits per heavy atom. The predicted octanol–water partition coefficient (Wildman–Crippen LogP) is 4.66. The minimum absolute atomic E-state index is 0.400. The van der Waals surface area contributed by atoms with Crippen LogP contribution in [0, 0.1) is 0 Å². The molecule has 0 atom stereocenters. The lowest BCUT2D eigenvalue weighted by atomic mass is 10.1. The average Bonchev–Trinajstić information content (AvgIpc) is 3.13. The van der Waals surface area contributed by atoms with E-state index in [9.17, 15) is 8.42 Å². The number of thiazole rings is 1. The first-order valence-corrected chi connectivity index (χ1v) is 11.4. The molecule has 2 aromatic carbocycles. The van der Waals surface area contributed by atoms with Gasteiger partial charge in [-0.25, -0.2) is 13.4 Å². The van der Waals surface area contributed by atoms with Crippen molar-refractivity contribution in [2.75, 3.05) is 23.7 Å². The molecule has 0 saturated carbocycles. The molecule has 0 amide bonds. The van der Waals surface area contributed by atoms with E-state index in [4.69, 9.17) is 9.72 Å². The van der Waals surface area contributed by atoms with E-state index in [0.717, 1.165) is 27.6 Å². The van der Waals surface area contributed by atoms with Gasteiger partial charge in [0.2, 0.25) is 10.0 Å². The van der Waals surface area contributed by atoms with Gasteiger partial charge in [-0.3, -0.25) is 4.31 Å². The first-order chi connectivity index (χ1) is 12.9. The number of nitrogens with zero attached hydrogens (tertiary/aromatic N) is 2. The fourth-order valence-corrected chi connectivity index (χ4v) is 4.62. The van der Waals surface area contributed by atoms with Gasteiger partial charge in [-0.15, -0.1) is 11.3 Å². The Bertz CT molecular complexity index is 994. The van der Waals surface area contributed by atoms with Gasteiger partial charge in [0.1, 0.15) is 10.8 Å². The lowest BCUT2D eigenvalue weighted by molar-refractivity contribution is 0.340. The minimum Gasteiger partial charge on any atom is -0.494 e. The van der Waals surface area contributed by atoms with Crippen LogP contribution in [0.4, 0.5) is 5.69 Å². The van der Waals surface area contributed by atoms with Gasteiger partial charge in [-0.2, -0.15) is 0 Å². The highest BCUT2D eigenvalue weighted by Gasteiger charge is 2.15. The van der Waals surface area contributed by atoms with Crippen LogP contribution in [0.5, 0.6) is 5.75 Å². The summed E-state index contributed by atoms with van der Waals surface area (Å²) in [6, 6.07) is 15.3. The normalized spacial score (nSPS) is 11.4. The van der Waals surface area contributed by atoms with Crippen LogP contribution in [-0.2, 0) is 10.0 Å². The Morgan fingerprint density at radius 3 is 2.19 bits per heavy atom.